The van der Waals surface area contributed by atoms with E-state index >= 15 is 0 Å². The van der Waals surface area contributed by atoms with E-state index in [0.29, 0.717) is 16.9 Å². The van der Waals surface area contributed by atoms with Gasteiger partial charge in [-0.2, -0.15) is 0 Å². The van der Waals surface area contributed by atoms with Crippen LogP contribution in [0, 0.1) is 5.92 Å². The van der Waals surface area contributed by atoms with E-state index in [1.54, 1.807) is 31.4 Å². The van der Waals surface area contributed by atoms with Crippen LogP contribution in [0.15, 0.2) is 60.7 Å². The molecule has 0 saturated carbocycles. The number of ether oxygens (including phenoxy) is 1. The predicted molar refractivity (Wildman–Crippen MR) is 137 cm³/mol. The fraction of sp³-hybridized carbons (Fsp3) is 0.296. The molecule has 0 fully saturated rings. The summed E-state index contributed by atoms with van der Waals surface area (Å²) in [5.41, 5.74) is 1.83. The number of amides is 2. The number of carbonyl (C=O) groups is 3. The predicted octanol–water partition coefficient (Wildman–Crippen LogP) is 4.52. The molecule has 2 unspecified atom stereocenters. The standard InChI is InChI=1S/C27H31N3O5/c1-4-17(2)25(29-21-9-5-18(6-10-21)26(33)28-14-13-24(31)32)27(34)30-22-11-7-20-16-23(35-3)12-8-19(20)15-22/h5-12,15-17,25,29H,4,13-14H2,1-3H3,(H,28,33)(H,30,34)(H,31,32). The maximum Gasteiger partial charge on any atom is 0.305 e. The van der Waals surface area contributed by atoms with Gasteiger partial charge in [-0.3, -0.25) is 14.4 Å². The Balaban J connectivity index is 1.68. The van der Waals surface area contributed by atoms with Gasteiger partial charge in [0.05, 0.1) is 13.5 Å². The first kappa shape index (κ1) is 25.6. The average molecular weight is 478 g/mol. The molecule has 0 aliphatic heterocycles. The molecule has 35 heavy (non-hydrogen) atoms. The van der Waals surface area contributed by atoms with Crippen LogP contribution < -0.4 is 20.7 Å². The van der Waals surface area contributed by atoms with Crippen molar-refractivity contribution in [1.82, 2.24) is 5.32 Å². The number of carboxylic acids is 1. The molecule has 0 saturated heterocycles. The lowest BCUT2D eigenvalue weighted by Gasteiger charge is -2.25. The van der Waals surface area contributed by atoms with Crippen molar-refractivity contribution < 1.29 is 24.2 Å². The summed E-state index contributed by atoms with van der Waals surface area (Å²) in [7, 11) is 1.63. The minimum absolute atomic E-state index is 0.0544. The van der Waals surface area contributed by atoms with Gasteiger partial charge in [0.25, 0.3) is 5.91 Å². The number of anilines is 2. The number of rotatable bonds is 11. The van der Waals surface area contributed by atoms with Crippen LogP contribution in [-0.2, 0) is 9.59 Å². The van der Waals surface area contributed by atoms with Gasteiger partial charge in [0, 0.05) is 23.5 Å². The number of carbonyl (C=O) groups excluding carboxylic acids is 2. The molecule has 3 rings (SSSR count). The molecule has 3 aromatic rings. The summed E-state index contributed by atoms with van der Waals surface area (Å²) < 4.78 is 5.27. The van der Waals surface area contributed by atoms with E-state index in [4.69, 9.17) is 9.84 Å². The van der Waals surface area contributed by atoms with Crippen molar-refractivity contribution in [2.45, 2.75) is 32.7 Å². The average Bonchev–Trinajstić information content (AvgIpc) is 2.86. The molecule has 8 nitrogen and oxygen atoms in total. The van der Waals surface area contributed by atoms with Crippen LogP contribution in [0.1, 0.15) is 37.0 Å². The zero-order valence-corrected chi connectivity index (χ0v) is 20.1. The van der Waals surface area contributed by atoms with Crippen LogP contribution in [0.25, 0.3) is 10.8 Å². The summed E-state index contributed by atoms with van der Waals surface area (Å²) in [6.07, 6.45) is 0.662. The topological polar surface area (TPSA) is 117 Å². The van der Waals surface area contributed by atoms with Gasteiger partial charge in [-0.25, -0.2) is 0 Å². The van der Waals surface area contributed by atoms with Crippen LogP contribution in [-0.4, -0.2) is 42.6 Å². The highest BCUT2D eigenvalue weighted by atomic mass is 16.5. The van der Waals surface area contributed by atoms with Gasteiger partial charge in [0.2, 0.25) is 5.91 Å². The Kier molecular flexibility index (Phi) is 8.67. The van der Waals surface area contributed by atoms with Gasteiger partial charge in [-0.1, -0.05) is 32.4 Å². The van der Waals surface area contributed by atoms with Crippen LogP contribution >= 0.6 is 0 Å². The Hall–Kier alpha value is -4.07. The largest absolute Gasteiger partial charge is 0.497 e. The first-order chi connectivity index (χ1) is 16.8. The molecule has 0 heterocycles. The van der Waals surface area contributed by atoms with E-state index < -0.39 is 12.0 Å². The van der Waals surface area contributed by atoms with Gasteiger partial charge in [-0.15, -0.1) is 0 Å². The van der Waals surface area contributed by atoms with Crippen molar-refractivity contribution in [1.29, 1.82) is 0 Å². The fourth-order valence-electron chi connectivity index (χ4n) is 3.63. The Bertz CT molecular complexity index is 1190. The lowest BCUT2D eigenvalue weighted by atomic mass is 9.97. The van der Waals surface area contributed by atoms with E-state index in [-0.39, 0.29) is 30.7 Å². The number of aliphatic carboxylic acids is 1. The third-order valence-corrected chi connectivity index (χ3v) is 5.90. The molecule has 2 atom stereocenters. The van der Waals surface area contributed by atoms with Crippen LogP contribution in [0.5, 0.6) is 5.75 Å². The SMILES string of the molecule is CCC(C)C(Nc1ccc(C(=O)NCCC(=O)O)cc1)C(=O)Nc1ccc2cc(OC)ccc2c1. The molecule has 2 amide bonds. The van der Waals surface area contributed by atoms with E-state index in [1.165, 1.54) is 0 Å². The van der Waals surface area contributed by atoms with E-state index in [1.807, 2.05) is 50.2 Å². The molecular weight excluding hydrogens is 446 g/mol. The van der Waals surface area contributed by atoms with Crippen LogP contribution in [0.2, 0.25) is 0 Å². The molecule has 0 aliphatic carbocycles. The molecule has 0 aliphatic rings. The maximum absolute atomic E-state index is 13.2. The monoisotopic (exact) mass is 477 g/mol. The first-order valence-electron chi connectivity index (χ1n) is 11.6. The number of nitrogens with one attached hydrogen (secondary N) is 3. The molecule has 8 heteroatoms. The molecule has 184 valence electrons. The van der Waals surface area contributed by atoms with E-state index in [0.717, 1.165) is 22.9 Å². The van der Waals surface area contributed by atoms with Gasteiger partial charge in [-0.05, 0) is 65.2 Å². The quantitative estimate of drug-likeness (QED) is 0.323. The first-order valence-corrected chi connectivity index (χ1v) is 11.6. The summed E-state index contributed by atoms with van der Waals surface area (Å²) in [6, 6.07) is 17.8. The molecular formula is C27H31N3O5. The van der Waals surface area contributed by atoms with Gasteiger partial charge in [0.1, 0.15) is 11.8 Å². The van der Waals surface area contributed by atoms with E-state index in [2.05, 4.69) is 16.0 Å². The summed E-state index contributed by atoms with van der Waals surface area (Å²) >= 11 is 0. The highest BCUT2D eigenvalue weighted by Gasteiger charge is 2.24. The Morgan fingerprint density at radius 1 is 0.943 bits per heavy atom. The molecule has 0 radical (unpaired) electrons. The molecule has 0 aromatic heterocycles. The number of carboxylic acid groups (broad SMARTS) is 1. The van der Waals surface area contributed by atoms with Crippen molar-refractivity contribution in [2.24, 2.45) is 5.92 Å². The minimum Gasteiger partial charge on any atom is -0.497 e. The second-order valence-electron chi connectivity index (χ2n) is 8.40. The summed E-state index contributed by atoms with van der Waals surface area (Å²) in [5, 5.41) is 19.6. The maximum atomic E-state index is 13.2. The second kappa shape index (κ2) is 11.9. The van der Waals surface area contributed by atoms with Crippen molar-refractivity contribution >= 4 is 39.9 Å². The summed E-state index contributed by atoms with van der Waals surface area (Å²) in [4.78, 5) is 36.0. The number of hydrogen-bond donors (Lipinski definition) is 4. The Morgan fingerprint density at radius 3 is 2.26 bits per heavy atom. The van der Waals surface area contributed by atoms with E-state index in [9.17, 15) is 14.4 Å². The lowest BCUT2D eigenvalue weighted by molar-refractivity contribution is -0.136. The minimum atomic E-state index is -0.969. The molecule has 0 spiro atoms. The third kappa shape index (κ3) is 6.96. The fourth-order valence-corrected chi connectivity index (χ4v) is 3.63. The number of fused-ring (bicyclic) bond motifs is 1. The van der Waals surface area contributed by atoms with Gasteiger partial charge >= 0.3 is 5.97 Å². The normalized spacial score (nSPS) is 12.4. The second-order valence-corrected chi connectivity index (χ2v) is 8.40. The van der Waals surface area contributed by atoms with Gasteiger partial charge < -0.3 is 25.8 Å². The number of hydrogen-bond acceptors (Lipinski definition) is 5. The Labute approximate surface area is 204 Å². The number of methoxy groups -OCH3 is 1. The smallest absolute Gasteiger partial charge is 0.305 e. The summed E-state index contributed by atoms with van der Waals surface area (Å²) in [6.45, 7) is 4.10. The zero-order chi connectivity index (χ0) is 25.4. The van der Waals surface area contributed by atoms with Crippen LogP contribution in [0.4, 0.5) is 11.4 Å². The molecule has 3 aromatic carbocycles. The molecule has 4 N–H and O–H groups in total. The van der Waals surface area contributed by atoms with Gasteiger partial charge in [0.15, 0.2) is 0 Å². The Morgan fingerprint density at radius 2 is 1.60 bits per heavy atom. The van der Waals surface area contributed by atoms with Crippen molar-refractivity contribution in [3.05, 3.63) is 66.2 Å². The van der Waals surface area contributed by atoms with Crippen molar-refractivity contribution in [2.75, 3.05) is 24.3 Å². The number of benzene rings is 3. The van der Waals surface area contributed by atoms with Crippen LogP contribution in [0.3, 0.4) is 0 Å². The highest BCUT2D eigenvalue weighted by Crippen LogP contribution is 2.25. The van der Waals surface area contributed by atoms with Crippen molar-refractivity contribution in [3.8, 4) is 5.75 Å². The third-order valence-electron chi connectivity index (χ3n) is 5.90. The highest BCUT2D eigenvalue weighted by molar-refractivity contribution is 5.99. The van der Waals surface area contributed by atoms with Crippen molar-refractivity contribution in [3.63, 3.8) is 0 Å². The lowest BCUT2D eigenvalue weighted by Crippen LogP contribution is -2.39. The zero-order valence-electron chi connectivity index (χ0n) is 20.1. The molecule has 0 bridgehead atoms. The summed E-state index contributed by atoms with van der Waals surface area (Å²) in [5.74, 6) is -0.633.